The Bertz CT molecular complexity index is 377. The highest BCUT2D eigenvalue weighted by Gasteiger charge is 2.10. The van der Waals surface area contributed by atoms with E-state index >= 15 is 0 Å². The zero-order valence-electron chi connectivity index (χ0n) is 9.47. The number of nitrogens with zero attached hydrogens (tertiary/aromatic N) is 3. The van der Waals surface area contributed by atoms with Gasteiger partial charge in [0, 0.05) is 24.8 Å². The van der Waals surface area contributed by atoms with Crippen molar-refractivity contribution in [2.75, 3.05) is 23.7 Å². The summed E-state index contributed by atoms with van der Waals surface area (Å²) in [7, 11) is 0. The van der Waals surface area contributed by atoms with E-state index in [1.807, 2.05) is 18.7 Å². The van der Waals surface area contributed by atoms with Crippen LogP contribution >= 0.6 is 0 Å². The number of hydrogen-bond donors (Lipinski definition) is 2. The highest BCUT2D eigenvalue weighted by atomic mass is 16.4. The highest BCUT2D eigenvalue weighted by molar-refractivity contribution is 5.72. The number of anilines is 2. The molecule has 0 aliphatic carbocycles. The van der Waals surface area contributed by atoms with Crippen molar-refractivity contribution in [1.82, 2.24) is 9.97 Å². The molecule has 0 fully saturated rings. The first kappa shape index (κ1) is 12.2. The lowest BCUT2D eigenvalue weighted by atomic mass is 10.2. The minimum atomic E-state index is -0.939. The topological polar surface area (TPSA) is 92.3 Å². The molecule has 1 aromatic rings. The molecule has 3 N–H and O–H groups in total. The van der Waals surface area contributed by atoms with Gasteiger partial charge in [-0.2, -0.15) is 4.98 Å². The lowest BCUT2D eigenvalue weighted by molar-refractivity contribution is -0.136. The molecule has 0 saturated heterocycles. The van der Waals surface area contributed by atoms with Crippen LogP contribution in [-0.2, 0) is 11.2 Å². The molecule has 0 aromatic carbocycles. The van der Waals surface area contributed by atoms with Gasteiger partial charge in [-0.3, -0.25) is 4.79 Å². The molecular formula is C10H16N4O2. The Balaban J connectivity index is 2.93. The monoisotopic (exact) mass is 224 g/mol. The third-order valence-corrected chi connectivity index (χ3v) is 2.27. The van der Waals surface area contributed by atoms with Crippen molar-refractivity contribution in [3.63, 3.8) is 0 Å². The van der Waals surface area contributed by atoms with Gasteiger partial charge in [-0.1, -0.05) is 0 Å². The summed E-state index contributed by atoms with van der Waals surface area (Å²) >= 11 is 0. The maximum absolute atomic E-state index is 10.5. The van der Waals surface area contributed by atoms with E-state index in [1.54, 1.807) is 0 Å². The van der Waals surface area contributed by atoms with Gasteiger partial charge in [-0.15, -0.1) is 0 Å². The number of carbonyl (C=O) groups is 1. The van der Waals surface area contributed by atoms with Crippen LogP contribution < -0.4 is 10.6 Å². The fraction of sp³-hybridized carbons (Fsp3) is 0.500. The number of nitrogen functional groups attached to an aromatic ring is 1. The van der Waals surface area contributed by atoms with E-state index in [9.17, 15) is 4.79 Å². The maximum atomic E-state index is 10.5. The molecule has 0 unspecified atom stereocenters. The molecule has 16 heavy (non-hydrogen) atoms. The fourth-order valence-corrected chi connectivity index (χ4v) is 1.37. The van der Waals surface area contributed by atoms with Crippen LogP contribution in [0.4, 0.5) is 11.8 Å². The van der Waals surface area contributed by atoms with Crippen molar-refractivity contribution < 1.29 is 9.90 Å². The van der Waals surface area contributed by atoms with Gasteiger partial charge in [-0.05, 0) is 13.8 Å². The Hall–Kier alpha value is -1.85. The summed E-state index contributed by atoms with van der Waals surface area (Å²) in [5, 5.41) is 8.64. The van der Waals surface area contributed by atoms with Crippen LogP contribution in [0.15, 0.2) is 6.20 Å². The molecular weight excluding hydrogens is 208 g/mol. The van der Waals surface area contributed by atoms with E-state index in [1.165, 1.54) is 6.20 Å². The number of carboxylic acid groups (broad SMARTS) is 1. The van der Waals surface area contributed by atoms with E-state index in [4.69, 9.17) is 10.8 Å². The summed E-state index contributed by atoms with van der Waals surface area (Å²) < 4.78 is 0. The Kier molecular flexibility index (Phi) is 4.04. The Morgan fingerprint density at radius 1 is 1.50 bits per heavy atom. The van der Waals surface area contributed by atoms with Crippen molar-refractivity contribution in [2.24, 2.45) is 0 Å². The van der Waals surface area contributed by atoms with Crippen LogP contribution in [0.2, 0.25) is 0 Å². The summed E-state index contributed by atoms with van der Waals surface area (Å²) in [4.78, 5) is 20.7. The van der Waals surface area contributed by atoms with E-state index in [0.29, 0.717) is 11.5 Å². The SMILES string of the molecule is CCN(CC)c1ncc(CC(=O)O)c(N)n1. The first-order chi connectivity index (χ1) is 7.58. The van der Waals surface area contributed by atoms with E-state index in [-0.39, 0.29) is 12.2 Å². The van der Waals surface area contributed by atoms with Gasteiger partial charge in [0.1, 0.15) is 5.82 Å². The van der Waals surface area contributed by atoms with Crippen LogP contribution in [0.1, 0.15) is 19.4 Å². The fourth-order valence-electron chi connectivity index (χ4n) is 1.37. The predicted molar refractivity (Wildman–Crippen MR) is 61.3 cm³/mol. The second kappa shape index (κ2) is 5.29. The lowest BCUT2D eigenvalue weighted by Crippen LogP contribution is -2.24. The summed E-state index contributed by atoms with van der Waals surface area (Å²) in [5.74, 6) is -0.165. The van der Waals surface area contributed by atoms with Gasteiger partial charge < -0.3 is 15.7 Å². The average Bonchev–Trinajstić information content (AvgIpc) is 2.23. The third-order valence-electron chi connectivity index (χ3n) is 2.27. The van der Waals surface area contributed by atoms with Crippen molar-refractivity contribution in [2.45, 2.75) is 20.3 Å². The molecule has 0 saturated carbocycles. The molecule has 0 amide bonds. The number of nitrogens with two attached hydrogens (primary N) is 1. The van der Waals surface area contributed by atoms with Crippen LogP contribution in [0.5, 0.6) is 0 Å². The van der Waals surface area contributed by atoms with Gasteiger partial charge in [0.25, 0.3) is 0 Å². The van der Waals surface area contributed by atoms with Gasteiger partial charge in [0.2, 0.25) is 5.95 Å². The Morgan fingerprint density at radius 3 is 2.56 bits per heavy atom. The molecule has 1 rings (SSSR count). The molecule has 0 aliphatic heterocycles. The largest absolute Gasteiger partial charge is 0.481 e. The summed E-state index contributed by atoms with van der Waals surface area (Å²) in [6.07, 6.45) is 1.33. The Labute approximate surface area is 94.1 Å². The lowest BCUT2D eigenvalue weighted by Gasteiger charge is -2.18. The second-order valence-electron chi connectivity index (χ2n) is 3.32. The molecule has 1 aromatic heterocycles. The molecule has 0 atom stereocenters. The van der Waals surface area contributed by atoms with Crippen molar-refractivity contribution in [3.05, 3.63) is 11.8 Å². The number of aromatic nitrogens is 2. The number of rotatable bonds is 5. The minimum Gasteiger partial charge on any atom is -0.481 e. The molecule has 6 heteroatoms. The average molecular weight is 224 g/mol. The third kappa shape index (κ3) is 2.82. The van der Waals surface area contributed by atoms with Crippen molar-refractivity contribution in [3.8, 4) is 0 Å². The molecule has 88 valence electrons. The van der Waals surface area contributed by atoms with Gasteiger partial charge in [-0.25, -0.2) is 4.98 Å². The first-order valence-electron chi connectivity index (χ1n) is 5.16. The van der Waals surface area contributed by atoms with Crippen LogP contribution in [0.3, 0.4) is 0 Å². The van der Waals surface area contributed by atoms with Crippen molar-refractivity contribution >= 4 is 17.7 Å². The standard InChI is InChI=1S/C10H16N4O2/c1-3-14(4-2)10-12-6-7(5-8(15)16)9(11)13-10/h6H,3-5H2,1-2H3,(H,15,16)(H2,11,12,13). The van der Waals surface area contributed by atoms with E-state index < -0.39 is 5.97 Å². The van der Waals surface area contributed by atoms with Crippen LogP contribution in [0, 0.1) is 0 Å². The van der Waals surface area contributed by atoms with Crippen LogP contribution in [-0.4, -0.2) is 34.1 Å². The smallest absolute Gasteiger partial charge is 0.308 e. The quantitative estimate of drug-likeness (QED) is 0.758. The molecule has 0 spiro atoms. The summed E-state index contributed by atoms with van der Waals surface area (Å²) in [5.41, 5.74) is 6.12. The molecule has 1 heterocycles. The Morgan fingerprint density at radius 2 is 2.12 bits per heavy atom. The molecule has 6 nitrogen and oxygen atoms in total. The summed E-state index contributed by atoms with van der Waals surface area (Å²) in [6, 6.07) is 0. The zero-order chi connectivity index (χ0) is 12.1. The molecule has 0 radical (unpaired) electrons. The van der Waals surface area contributed by atoms with E-state index in [0.717, 1.165) is 13.1 Å². The summed E-state index contributed by atoms with van der Waals surface area (Å²) in [6.45, 7) is 5.56. The zero-order valence-corrected chi connectivity index (χ0v) is 9.47. The van der Waals surface area contributed by atoms with Crippen LogP contribution in [0.25, 0.3) is 0 Å². The highest BCUT2D eigenvalue weighted by Crippen LogP contribution is 2.13. The second-order valence-corrected chi connectivity index (χ2v) is 3.32. The predicted octanol–water partition coefficient (Wildman–Crippen LogP) is 0.532. The minimum absolute atomic E-state index is 0.148. The van der Waals surface area contributed by atoms with E-state index in [2.05, 4.69) is 9.97 Å². The van der Waals surface area contributed by atoms with Gasteiger partial charge >= 0.3 is 5.97 Å². The van der Waals surface area contributed by atoms with Gasteiger partial charge in [0.15, 0.2) is 0 Å². The molecule has 0 bridgehead atoms. The van der Waals surface area contributed by atoms with Gasteiger partial charge in [0.05, 0.1) is 6.42 Å². The normalized spacial score (nSPS) is 10.1. The number of hydrogen-bond acceptors (Lipinski definition) is 5. The molecule has 0 aliphatic rings. The first-order valence-corrected chi connectivity index (χ1v) is 5.16. The maximum Gasteiger partial charge on any atom is 0.308 e. The van der Waals surface area contributed by atoms with Crippen molar-refractivity contribution in [1.29, 1.82) is 0 Å². The number of carboxylic acids is 1. The number of aliphatic carboxylic acids is 1.